The lowest BCUT2D eigenvalue weighted by Crippen LogP contribution is -2.56. The Morgan fingerprint density at radius 1 is 1.02 bits per heavy atom. The summed E-state index contributed by atoms with van der Waals surface area (Å²) in [4.78, 5) is 26.9. The molecule has 2 N–H and O–H groups in total. The first-order chi connectivity index (χ1) is 19.8. The number of hydrogen-bond donors (Lipinski definition) is 2. The molecular formula is C31H29N3O7. The van der Waals surface area contributed by atoms with Gasteiger partial charge >= 0.3 is 5.97 Å². The highest BCUT2D eigenvalue weighted by Gasteiger charge is 2.65. The van der Waals surface area contributed by atoms with Crippen LogP contribution < -0.4 is 5.32 Å². The number of fused-ring (bicyclic) bond motifs is 13. The number of hydrogen-bond acceptors (Lipinski definition) is 7. The molecule has 0 saturated carbocycles. The average molecular weight is 556 g/mol. The van der Waals surface area contributed by atoms with Crippen LogP contribution in [0.25, 0.3) is 43.6 Å². The second kappa shape index (κ2) is 8.07. The number of amides is 1. The molecule has 10 heteroatoms. The van der Waals surface area contributed by atoms with Crippen LogP contribution in [0.4, 0.5) is 0 Å². The molecular weight excluding hydrogens is 526 g/mol. The van der Waals surface area contributed by atoms with E-state index in [1.54, 1.807) is 21.1 Å². The molecule has 0 radical (unpaired) electrons. The number of nitrogens with zero attached hydrogens (tertiary/aromatic N) is 2. The lowest BCUT2D eigenvalue weighted by atomic mass is 9.88. The van der Waals surface area contributed by atoms with Gasteiger partial charge in [0.2, 0.25) is 5.60 Å². The van der Waals surface area contributed by atoms with Gasteiger partial charge in [-0.2, -0.15) is 0 Å². The summed E-state index contributed by atoms with van der Waals surface area (Å²) < 4.78 is 26.8. The second-order valence-corrected chi connectivity index (χ2v) is 11.4. The second-order valence-electron chi connectivity index (χ2n) is 11.4. The van der Waals surface area contributed by atoms with E-state index in [1.807, 2.05) is 33.4 Å². The molecule has 3 aliphatic rings. The number of aliphatic hydroxyl groups is 1. The van der Waals surface area contributed by atoms with Crippen LogP contribution in [0, 0.1) is 0 Å². The summed E-state index contributed by atoms with van der Waals surface area (Å²) in [6.45, 7) is 2.94. The minimum absolute atomic E-state index is 0.0273. The van der Waals surface area contributed by atoms with Gasteiger partial charge in [0.05, 0.1) is 48.0 Å². The van der Waals surface area contributed by atoms with Crippen molar-refractivity contribution in [2.24, 2.45) is 0 Å². The third kappa shape index (κ3) is 2.80. The molecule has 0 spiro atoms. The summed E-state index contributed by atoms with van der Waals surface area (Å²) in [5.74, 6) is -0.885. The molecule has 0 aliphatic carbocycles. The number of carbonyl (C=O) groups is 2. The highest BCUT2D eigenvalue weighted by molar-refractivity contribution is 6.31. The van der Waals surface area contributed by atoms with Gasteiger partial charge < -0.3 is 38.5 Å². The van der Waals surface area contributed by atoms with Gasteiger partial charge in [-0.3, -0.25) is 4.79 Å². The minimum Gasteiger partial charge on any atom is -0.467 e. The summed E-state index contributed by atoms with van der Waals surface area (Å²) in [6.07, 6.45) is -0.730. The fourth-order valence-electron chi connectivity index (χ4n) is 7.60. The first-order valence-corrected chi connectivity index (χ1v) is 13.6. The SMILES string of the molecule is COCc1ccc2c(c1)c1c3c(c4c5cc(COC)ccc5n5c4c1n2[C@H]1C[C@](O)(C(=O)OC)[C@]5(C)O1)CNC3=O. The van der Waals surface area contributed by atoms with E-state index >= 15 is 0 Å². The van der Waals surface area contributed by atoms with Gasteiger partial charge in [-0.15, -0.1) is 0 Å². The topological polar surface area (TPSA) is 113 Å². The zero-order valence-electron chi connectivity index (χ0n) is 23.2. The van der Waals surface area contributed by atoms with Crippen LogP contribution in [0.15, 0.2) is 36.4 Å². The van der Waals surface area contributed by atoms with E-state index in [0.717, 1.165) is 60.3 Å². The molecule has 210 valence electrons. The van der Waals surface area contributed by atoms with Crippen LogP contribution in [-0.2, 0) is 49.2 Å². The number of aromatic nitrogens is 2. The van der Waals surface area contributed by atoms with Gasteiger partial charge in [0, 0.05) is 48.7 Å². The maximum absolute atomic E-state index is 13.6. The smallest absolute Gasteiger partial charge is 0.343 e. The quantitative estimate of drug-likeness (QED) is 0.316. The number of rotatable bonds is 5. The Morgan fingerprint density at radius 3 is 2.34 bits per heavy atom. The minimum atomic E-state index is -1.99. The van der Waals surface area contributed by atoms with Crippen molar-refractivity contribution in [1.82, 2.24) is 14.5 Å². The van der Waals surface area contributed by atoms with Gasteiger partial charge in [-0.1, -0.05) is 12.1 Å². The van der Waals surface area contributed by atoms with Crippen molar-refractivity contribution in [3.05, 3.63) is 58.7 Å². The van der Waals surface area contributed by atoms with Crippen LogP contribution in [0.2, 0.25) is 0 Å². The molecule has 2 aromatic heterocycles. The third-order valence-corrected chi connectivity index (χ3v) is 9.29. The standard InChI is InChI=1S/C31H29N3O7/c1-30-31(37,29(36)40-4)11-22(41-30)33-20-7-5-15(13-38-2)9-17(20)24-25-19(12-32-28(25)35)23-18-10-16(14-39-3)6-8-21(18)34(30)27(23)26(24)33/h5-10,22,37H,11-14H2,1-4H3,(H,32,35)/t22-,30+,31+/m1/s1. The van der Waals surface area contributed by atoms with Crippen molar-refractivity contribution in [2.75, 3.05) is 21.3 Å². The van der Waals surface area contributed by atoms with Crippen molar-refractivity contribution in [3.63, 3.8) is 0 Å². The van der Waals surface area contributed by atoms with Crippen LogP contribution in [-0.4, -0.2) is 53.0 Å². The number of benzene rings is 3. The number of carbonyl (C=O) groups excluding carboxylic acids is 2. The Bertz CT molecular complexity index is 2010. The largest absolute Gasteiger partial charge is 0.467 e. The molecule has 0 unspecified atom stereocenters. The van der Waals surface area contributed by atoms with E-state index in [0.29, 0.717) is 25.3 Å². The van der Waals surface area contributed by atoms with Crippen molar-refractivity contribution in [1.29, 1.82) is 0 Å². The number of esters is 1. The molecule has 41 heavy (non-hydrogen) atoms. The maximum atomic E-state index is 13.6. The molecule has 2 bridgehead atoms. The predicted octanol–water partition coefficient (Wildman–Crippen LogP) is 3.95. The van der Waals surface area contributed by atoms with E-state index < -0.39 is 23.5 Å². The van der Waals surface area contributed by atoms with Crippen LogP contribution in [0.1, 0.15) is 46.6 Å². The van der Waals surface area contributed by atoms with Gasteiger partial charge in [-0.05, 0) is 47.9 Å². The van der Waals surface area contributed by atoms with Crippen LogP contribution >= 0.6 is 0 Å². The molecule has 5 heterocycles. The normalized spacial score (nSPS) is 24.6. The molecule has 10 nitrogen and oxygen atoms in total. The summed E-state index contributed by atoms with van der Waals surface area (Å²) in [5.41, 5.74) is 3.23. The van der Waals surface area contributed by atoms with Gasteiger partial charge in [0.1, 0.15) is 6.23 Å². The van der Waals surface area contributed by atoms with Crippen molar-refractivity contribution in [3.8, 4) is 0 Å². The Morgan fingerprint density at radius 2 is 1.68 bits per heavy atom. The Labute approximate surface area is 234 Å². The van der Waals surface area contributed by atoms with E-state index in [2.05, 4.69) is 17.4 Å². The molecule has 8 rings (SSSR count). The molecule has 1 saturated heterocycles. The molecule has 1 amide bonds. The van der Waals surface area contributed by atoms with E-state index in [1.165, 1.54) is 7.11 Å². The molecule has 3 aliphatic heterocycles. The Balaban J connectivity index is 1.66. The zero-order chi connectivity index (χ0) is 28.4. The highest BCUT2D eigenvalue weighted by atomic mass is 16.6. The van der Waals surface area contributed by atoms with Gasteiger partial charge in [-0.25, -0.2) is 4.79 Å². The van der Waals surface area contributed by atoms with E-state index in [4.69, 9.17) is 18.9 Å². The molecule has 1 fully saturated rings. The average Bonchev–Trinajstić information content (AvgIpc) is 3.65. The van der Waals surface area contributed by atoms with Gasteiger partial charge in [0.15, 0.2) is 5.72 Å². The van der Waals surface area contributed by atoms with E-state index in [-0.39, 0.29) is 12.3 Å². The number of nitrogens with one attached hydrogen (secondary N) is 1. The maximum Gasteiger partial charge on any atom is 0.343 e. The Hall–Kier alpha value is -3.96. The van der Waals surface area contributed by atoms with Crippen molar-refractivity contribution < 1.29 is 33.6 Å². The third-order valence-electron chi connectivity index (χ3n) is 9.29. The molecule has 3 aromatic carbocycles. The summed E-state index contributed by atoms with van der Waals surface area (Å²) >= 11 is 0. The molecule has 3 atom stereocenters. The predicted molar refractivity (Wildman–Crippen MR) is 150 cm³/mol. The van der Waals surface area contributed by atoms with E-state index in [9.17, 15) is 14.7 Å². The fraction of sp³-hybridized carbons (Fsp3) is 0.355. The van der Waals surface area contributed by atoms with Crippen molar-refractivity contribution in [2.45, 2.75) is 50.7 Å². The highest BCUT2D eigenvalue weighted by Crippen LogP contribution is 2.57. The summed E-state index contributed by atoms with van der Waals surface area (Å²) in [5, 5.41) is 18.8. The number of methoxy groups -OCH3 is 3. The first-order valence-electron chi connectivity index (χ1n) is 13.6. The summed E-state index contributed by atoms with van der Waals surface area (Å²) in [6, 6.07) is 12.1. The monoisotopic (exact) mass is 555 g/mol. The van der Waals surface area contributed by atoms with Crippen molar-refractivity contribution >= 4 is 55.5 Å². The lowest BCUT2D eigenvalue weighted by molar-refractivity contribution is -0.202. The van der Waals surface area contributed by atoms with Crippen LogP contribution in [0.5, 0.6) is 0 Å². The van der Waals surface area contributed by atoms with Crippen LogP contribution in [0.3, 0.4) is 0 Å². The molecule has 5 aromatic rings. The van der Waals surface area contributed by atoms with Gasteiger partial charge in [0.25, 0.3) is 5.91 Å². The lowest BCUT2D eigenvalue weighted by Gasteiger charge is -2.37. The first kappa shape index (κ1) is 24.8. The zero-order valence-corrected chi connectivity index (χ0v) is 23.2. The Kier molecular flexibility index (Phi) is 4.88. The summed E-state index contributed by atoms with van der Waals surface area (Å²) in [7, 11) is 4.58. The number of ether oxygens (including phenoxy) is 4. The fourth-order valence-corrected chi connectivity index (χ4v) is 7.60.